The first-order chi connectivity index (χ1) is 13.9. The maximum Gasteiger partial charge on any atom is 0.251 e. The second-order valence-corrected chi connectivity index (χ2v) is 7.29. The lowest BCUT2D eigenvalue weighted by atomic mass is 10.0. The van der Waals surface area contributed by atoms with E-state index >= 15 is 0 Å². The van der Waals surface area contributed by atoms with Crippen molar-refractivity contribution in [2.24, 2.45) is 0 Å². The Hall–Kier alpha value is -3.41. The molecule has 3 aromatic rings. The van der Waals surface area contributed by atoms with Gasteiger partial charge in [-0.3, -0.25) is 4.79 Å². The number of aromatic nitrogens is 2. The maximum atomic E-state index is 12.6. The predicted molar refractivity (Wildman–Crippen MR) is 112 cm³/mol. The second-order valence-electron chi connectivity index (χ2n) is 7.29. The van der Waals surface area contributed by atoms with Crippen molar-refractivity contribution in [1.29, 1.82) is 0 Å². The number of rotatable bonds is 7. The Morgan fingerprint density at radius 1 is 1.03 bits per heavy atom. The van der Waals surface area contributed by atoms with Crippen molar-refractivity contribution >= 4 is 5.91 Å². The molecule has 0 aliphatic carbocycles. The third-order valence-corrected chi connectivity index (χ3v) is 4.68. The Kier molecular flexibility index (Phi) is 6.12. The van der Waals surface area contributed by atoms with Crippen molar-refractivity contribution in [2.45, 2.75) is 32.7 Å². The lowest BCUT2D eigenvalue weighted by molar-refractivity contribution is 0.0911. The molecule has 0 unspecified atom stereocenters. The molecular weight excluding hydrogens is 366 g/mol. The second kappa shape index (κ2) is 8.73. The van der Waals surface area contributed by atoms with Gasteiger partial charge in [0.1, 0.15) is 17.8 Å². The Balaban J connectivity index is 1.80. The minimum atomic E-state index is -0.263. The molecule has 150 valence electrons. The number of carbonyl (C=O) groups is 1. The third-order valence-electron chi connectivity index (χ3n) is 4.68. The average Bonchev–Trinajstić information content (AvgIpc) is 2.74. The summed E-state index contributed by atoms with van der Waals surface area (Å²) in [5, 5.41) is 3.05. The van der Waals surface area contributed by atoms with Gasteiger partial charge in [-0.1, -0.05) is 19.1 Å². The molecule has 0 atom stereocenters. The highest BCUT2D eigenvalue weighted by molar-refractivity contribution is 5.95. The largest absolute Gasteiger partial charge is 0.497 e. The van der Waals surface area contributed by atoms with Crippen LogP contribution in [-0.2, 0) is 0 Å². The summed E-state index contributed by atoms with van der Waals surface area (Å²) in [6.45, 7) is 6.05. The number of hydrogen-bond acceptors (Lipinski definition) is 5. The number of ether oxygens (including phenoxy) is 2. The smallest absolute Gasteiger partial charge is 0.251 e. The van der Waals surface area contributed by atoms with Gasteiger partial charge in [-0.15, -0.1) is 0 Å². The van der Waals surface area contributed by atoms with Gasteiger partial charge >= 0.3 is 0 Å². The molecule has 0 bridgehead atoms. The summed E-state index contributed by atoms with van der Waals surface area (Å²) >= 11 is 0. The Morgan fingerprint density at radius 2 is 1.76 bits per heavy atom. The minimum absolute atomic E-state index is 0.109. The fourth-order valence-electron chi connectivity index (χ4n) is 2.61. The van der Waals surface area contributed by atoms with Crippen LogP contribution in [0.2, 0.25) is 0 Å². The van der Waals surface area contributed by atoms with Gasteiger partial charge in [-0.05, 0) is 56.7 Å². The molecule has 0 saturated heterocycles. The first-order valence-corrected chi connectivity index (χ1v) is 9.47. The molecular formula is C23H25N3O3. The van der Waals surface area contributed by atoms with E-state index in [1.54, 1.807) is 31.4 Å². The van der Waals surface area contributed by atoms with Gasteiger partial charge in [0, 0.05) is 22.7 Å². The Labute approximate surface area is 170 Å². The fraction of sp³-hybridized carbons (Fsp3) is 0.261. The summed E-state index contributed by atoms with van der Waals surface area (Å²) in [7, 11) is 1.62. The molecule has 0 saturated carbocycles. The maximum absolute atomic E-state index is 12.6. The van der Waals surface area contributed by atoms with Crippen LogP contribution in [0.15, 0.2) is 60.9 Å². The van der Waals surface area contributed by atoms with E-state index in [-0.39, 0.29) is 11.4 Å². The van der Waals surface area contributed by atoms with E-state index in [0.29, 0.717) is 22.9 Å². The zero-order valence-corrected chi connectivity index (χ0v) is 17.1. The van der Waals surface area contributed by atoms with Crippen molar-refractivity contribution in [3.8, 4) is 28.6 Å². The highest BCUT2D eigenvalue weighted by Gasteiger charge is 2.19. The number of carbonyl (C=O) groups excluding carboxylic acids is 1. The van der Waals surface area contributed by atoms with Crippen molar-refractivity contribution in [3.63, 3.8) is 0 Å². The molecule has 1 aromatic heterocycles. The van der Waals surface area contributed by atoms with Crippen molar-refractivity contribution in [1.82, 2.24) is 15.3 Å². The van der Waals surface area contributed by atoms with Gasteiger partial charge in [-0.2, -0.15) is 0 Å². The molecule has 1 heterocycles. The SMILES string of the molecule is CCC(C)(C)NC(=O)c1cccc(-c2cc(Oc3ccc(OC)cc3)ncn2)c1. The normalized spacial score (nSPS) is 11.0. The minimum Gasteiger partial charge on any atom is -0.497 e. The third kappa shape index (κ3) is 5.31. The standard InChI is InChI=1S/C23H25N3O3/c1-5-23(2,3)26-22(27)17-8-6-7-16(13-17)20-14-21(25-15-24-20)29-19-11-9-18(28-4)10-12-19/h6-15H,5H2,1-4H3,(H,26,27). The molecule has 0 radical (unpaired) electrons. The Morgan fingerprint density at radius 3 is 2.45 bits per heavy atom. The summed E-state index contributed by atoms with van der Waals surface area (Å²) in [4.78, 5) is 21.1. The van der Waals surface area contributed by atoms with Crippen molar-refractivity contribution in [2.75, 3.05) is 7.11 Å². The topological polar surface area (TPSA) is 73.3 Å². The number of nitrogens with zero attached hydrogens (tertiary/aromatic N) is 2. The number of amides is 1. The van der Waals surface area contributed by atoms with Gasteiger partial charge in [0.25, 0.3) is 5.91 Å². The molecule has 2 aromatic carbocycles. The van der Waals surface area contributed by atoms with Crippen LogP contribution in [0.25, 0.3) is 11.3 Å². The van der Waals surface area contributed by atoms with Gasteiger partial charge in [0.05, 0.1) is 12.8 Å². The summed E-state index contributed by atoms with van der Waals surface area (Å²) in [5.74, 6) is 1.71. The fourth-order valence-corrected chi connectivity index (χ4v) is 2.61. The average molecular weight is 391 g/mol. The molecule has 6 nitrogen and oxygen atoms in total. The first-order valence-electron chi connectivity index (χ1n) is 9.47. The number of hydrogen-bond donors (Lipinski definition) is 1. The van der Waals surface area contributed by atoms with Crippen LogP contribution in [0.1, 0.15) is 37.6 Å². The van der Waals surface area contributed by atoms with Crippen LogP contribution in [0.5, 0.6) is 17.4 Å². The zero-order chi connectivity index (χ0) is 20.9. The molecule has 0 fully saturated rings. The lowest BCUT2D eigenvalue weighted by Gasteiger charge is -2.24. The predicted octanol–water partition coefficient (Wildman–Crippen LogP) is 4.86. The molecule has 1 amide bonds. The van der Waals surface area contributed by atoms with E-state index < -0.39 is 0 Å². The summed E-state index contributed by atoms with van der Waals surface area (Å²) in [5.41, 5.74) is 1.81. The van der Waals surface area contributed by atoms with Gasteiger partial charge in [0.15, 0.2) is 0 Å². The molecule has 0 spiro atoms. The van der Waals surface area contributed by atoms with E-state index in [2.05, 4.69) is 15.3 Å². The van der Waals surface area contributed by atoms with Crippen molar-refractivity contribution in [3.05, 3.63) is 66.5 Å². The van der Waals surface area contributed by atoms with Crippen LogP contribution in [0, 0.1) is 0 Å². The zero-order valence-electron chi connectivity index (χ0n) is 17.1. The molecule has 0 aliphatic rings. The molecule has 29 heavy (non-hydrogen) atoms. The van der Waals surface area contributed by atoms with Crippen molar-refractivity contribution < 1.29 is 14.3 Å². The van der Waals surface area contributed by atoms with Crippen LogP contribution >= 0.6 is 0 Å². The lowest BCUT2D eigenvalue weighted by Crippen LogP contribution is -2.42. The summed E-state index contributed by atoms with van der Waals surface area (Å²) in [6, 6.07) is 16.4. The van der Waals surface area contributed by atoms with E-state index in [1.807, 2.05) is 51.1 Å². The highest BCUT2D eigenvalue weighted by Crippen LogP contribution is 2.26. The van der Waals surface area contributed by atoms with Gasteiger partial charge in [0.2, 0.25) is 5.88 Å². The van der Waals surface area contributed by atoms with Crippen LogP contribution in [-0.4, -0.2) is 28.5 Å². The number of methoxy groups -OCH3 is 1. The molecule has 3 rings (SSSR count). The number of benzene rings is 2. The summed E-state index contributed by atoms with van der Waals surface area (Å²) < 4.78 is 11.0. The summed E-state index contributed by atoms with van der Waals surface area (Å²) in [6.07, 6.45) is 2.29. The monoisotopic (exact) mass is 391 g/mol. The quantitative estimate of drug-likeness (QED) is 0.622. The Bertz CT molecular complexity index is 985. The first kappa shape index (κ1) is 20.3. The van der Waals surface area contributed by atoms with Gasteiger partial charge in [-0.25, -0.2) is 9.97 Å². The van der Waals surface area contributed by atoms with E-state index in [1.165, 1.54) is 6.33 Å². The van der Waals surface area contributed by atoms with E-state index in [4.69, 9.17) is 9.47 Å². The molecule has 1 N–H and O–H groups in total. The molecule has 6 heteroatoms. The number of nitrogens with one attached hydrogen (secondary N) is 1. The molecule has 0 aliphatic heterocycles. The van der Waals surface area contributed by atoms with Gasteiger partial charge < -0.3 is 14.8 Å². The van der Waals surface area contributed by atoms with E-state index in [0.717, 1.165) is 17.7 Å². The van der Waals surface area contributed by atoms with Crippen LogP contribution < -0.4 is 14.8 Å². The van der Waals surface area contributed by atoms with Crippen LogP contribution in [0.3, 0.4) is 0 Å². The van der Waals surface area contributed by atoms with Crippen LogP contribution in [0.4, 0.5) is 0 Å². The van der Waals surface area contributed by atoms with E-state index in [9.17, 15) is 4.79 Å². The highest BCUT2D eigenvalue weighted by atomic mass is 16.5.